The van der Waals surface area contributed by atoms with Crippen molar-refractivity contribution in [3.8, 4) is 0 Å². The van der Waals surface area contributed by atoms with Gasteiger partial charge in [0.2, 0.25) is 0 Å². The van der Waals surface area contributed by atoms with Crippen LogP contribution in [0.2, 0.25) is 0 Å². The molecule has 3 heterocycles. The van der Waals surface area contributed by atoms with Gasteiger partial charge < -0.3 is 15.2 Å². The predicted octanol–water partition coefficient (Wildman–Crippen LogP) is 2.94. The van der Waals surface area contributed by atoms with Gasteiger partial charge in [0.1, 0.15) is 11.5 Å². The van der Waals surface area contributed by atoms with E-state index >= 15 is 0 Å². The van der Waals surface area contributed by atoms with Crippen molar-refractivity contribution in [1.82, 2.24) is 19.9 Å². The zero-order chi connectivity index (χ0) is 20.2. The topological polar surface area (TPSA) is 88.9 Å². The van der Waals surface area contributed by atoms with Gasteiger partial charge >= 0.3 is 0 Å². The molecule has 0 saturated carbocycles. The van der Waals surface area contributed by atoms with Crippen LogP contribution in [0.5, 0.6) is 0 Å². The smallest absolute Gasteiger partial charge is 0.291 e. The van der Waals surface area contributed by atoms with Crippen LogP contribution in [0, 0.1) is 5.82 Å². The second kappa shape index (κ2) is 8.22. The molecule has 3 aromatic rings. The normalized spacial score (nSPS) is 12.9. The molecule has 0 aliphatic carbocycles. The molecule has 2 amide bonds. The fourth-order valence-corrected chi connectivity index (χ4v) is 3.39. The first-order valence-corrected chi connectivity index (χ1v) is 9.45. The first-order valence-electron chi connectivity index (χ1n) is 9.45. The van der Waals surface area contributed by atoms with E-state index in [0.29, 0.717) is 25.2 Å². The number of amides is 2. The van der Waals surface area contributed by atoms with Gasteiger partial charge in [-0.05, 0) is 61.2 Å². The molecule has 4 rings (SSSR count). The molecule has 0 unspecified atom stereocenters. The molecular formula is C21H20FN5O2. The third-order valence-electron chi connectivity index (χ3n) is 4.84. The average molecular weight is 393 g/mol. The van der Waals surface area contributed by atoms with Gasteiger partial charge in [0, 0.05) is 31.2 Å². The Labute approximate surface area is 167 Å². The lowest BCUT2D eigenvalue weighted by molar-refractivity contribution is 0.0945. The van der Waals surface area contributed by atoms with Crippen LogP contribution in [0.25, 0.3) is 0 Å². The molecule has 0 fully saturated rings. The Balaban J connectivity index is 1.55. The van der Waals surface area contributed by atoms with E-state index in [0.717, 1.165) is 24.1 Å². The SMILES string of the molecule is O=C(NCc1ccncc1)c1nc(C(=O)Nc2ccc(F)cc2)n2c1CCCC2. The highest BCUT2D eigenvalue weighted by atomic mass is 19.1. The van der Waals surface area contributed by atoms with E-state index in [2.05, 4.69) is 20.6 Å². The van der Waals surface area contributed by atoms with E-state index in [9.17, 15) is 14.0 Å². The summed E-state index contributed by atoms with van der Waals surface area (Å²) >= 11 is 0. The fraction of sp³-hybridized carbons (Fsp3) is 0.238. The molecule has 2 aromatic heterocycles. The lowest BCUT2D eigenvalue weighted by Gasteiger charge is -2.17. The molecule has 0 spiro atoms. The molecule has 2 N–H and O–H groups in total. The maximum Gasteiger partial charge on any atom is 0.291 e. The fourth-order valence-electron chi connectivity index (χ4n) is 3.39. The number of nitrogens with one attached hydrogen (secondary N) is 2. The highest BCUT2D eigenvalue weighted by Gasteiger charge is 2.27. The number of carbonyl (C=O) groups is 2. The maximum absolute atomic E-state index is 13.1. The van der Waals surface area contributed by atoms with Crippen LogP contribution in [0.1, 0.15) is 45.2 Å². The number of carbonyl (C=O) groups excluding carboxylic acids is 2. The number of hydrogen-bond acceptors (Lipinski definition) is 4. The predicted molar refractivity (Wildman–Crippen MR) is 105 cm³/mol. The third kappa shape index (κ3) is 4.16. The minimum Gasteiger partial charge on any atom is -0.347 e. The summed E-state index contributed by atoms with van der Waals surface area (Å²) < 4.78 is 14.9. The molecule has 0 radical (unpaired) electrons. The number of nitrogens with zero attached hydrogens (tertiary/aromatic N) is 3. The second-order valence-electron chi connectivity index (χ2n) is 6.84. The van der Waals surface area contributed by atoms with Gasteiger partial charge in [-0.15, -0.1) is 0 Å². The lowest BCUT2D eigenvalue weighted by Crippen LogP contribution is -2.25. The Hall–Kier alpha value is -3.55. The number of hydrogen-bond donors (Lipinski definition) is 2. The number of benzene rings is 1. The van der Waals surface area contributed by atoms with Crippen LogP contribution in [0.4, 0.5) is 10.1 Å². The van der Waals surface area contributed by atoms with Gasteiger partial charge in [0.05, 0.1) is 5.69 Å². The monoisotopic (exact) mass is 393 g/mol. The summed E-state index contributed by atoms with van der Waals surface area (Å²) in [7, 11) is 0. The highest BCUT2D eigenvalue weighted by Crippen LogP contribution is 2.22. The number of rotatable bonds is 5. The van der Waals surface area contributed by atoms with Crippen molar-refractivity contribution in [2.45, 2.75) is 32.4 Å². The van der Waals surface area contributed by atoms with Crippen LogP contribution in [-0.4, -0.2) is 26.3 Å². The lowest BCUT2D eigenvalue weighted by atomic mass is 10.1. The van der Waals surface area contributed by atoms with Gasteiger partial charge in [0.25, 0.3) is 11.8 Å². The van der Waals surface area contributed by atoms with E-state index in [1.807, 2.05) is 16.7 Å². The molecule has 29 heavy (non-hydrogen) atoms. The summed E-state index contributed by atoms with van der Waals surface area (Å²) in [5, 5.41) is 5.58. The molecule has 0 atom stereocenters. The van der Waals surface area contributed by atoms with Gasteiger partial charge in [-0.3, -0.25) is 14.6 Å². The second-order valence-corrected chi connectivity index (χ2v) is 6.84. The number of pyridine rings is 1. The average Bonchev–Trinajstić information content (AvgIpc) is 3.14. The molecule has 1 aliphatic heterocycles. The van der Waals surface area contributed by atoms with Crippen molar-refractivity contribution in [2.75, 3.05) is 5.32 Å². The first-order chi connectivity index (χ1) is 14.1. The summed E-state index contributed by atoms with van der Waals surface area (Å²) in [6.07, 6.45) is 5.87. The van der Waals surface area contributed by atoms with E-state index < -0.39 is 5.91 Å². The molecule has 1 aromatic carbocycles. The Morgan fingerprint density at radius 1 is 1.03 bits per heavy atom. The van der Waals surface area contributed by atoms with Crippen LogP contribution < -0.4 is 10.6 Å². The zero-order valence-electron chi connectivity index (χ0n) is 15.7. The van der Waals surface area contributed by atoms with Crippen molar-refractivity contribution < 1.29 is 14.0 Å². The minimum absolute atomic E-state index is 0.193. The number of fused-ring (bicyclic) bond motifs is 1. The van der Waals surface area contributed by atoms with Gasteiger partial charge in [0.15, 0.2) is 5.82 Å². The zero-order valence-corrected chi connectivity index (χ0v) is 15.7. The number of imidazole rings is 1. The van der Waals surface area contributed by atoms with Gasteiger partial charge in [-0.1, -0.05) is 0 Å². The number of halogens is 1. The van der Waals surface area contributed by atoms with Crippen LogP contribution in [-0.2, 0) is 19.5 Å². The standard InChI is InChI=1S/C21H20FN5O2/c22-15-4-6-16(7-5-15)25-21(29)19-26-18(17-3-1-2-12-27(17)19)20(28)24-13-14-8-10-23-11-9-14/h4-11H,1-3,12-13H2,(H,24,28)(H,25,29). The van der Waals surface area contributed by atoms with Crippen LogP contribution in [0.3, 0.4) is 0 Å². The van der Waals surface area contributed by atoms with E-state index in [1.54, 1.807) is 12.4 Å². The molecule has 0 bridgehead atoms. The van der Waals surface area contributed by atoms with Crippen molar-refractivity contribution in [2.24, 2.45) is 0 Å². The van der Waals surface area contributed by atoms with Crippen molar-refractivity contribution >= 4 is 17.5 Å². The van der Waals surface area contributed by atoms with Crippen molar-refractivity contribution in [1.29, 1.82) is 0 Å². The van der Waals surface area contributed by atoms with E-state index in [-0.39, 0.29) is 23.2 Å². The molecule has 0 saturated heterocycles. The Kier molecular flexibility index (Phi) is 5.33. The third-order valence-corrected chi connectivity index (χ3v) is 4.84. The van der Waals surface area contributed by atoms with Gasteiger partial charge in [-0.25, -0.2) is 9.37 Å². The summed E-state index contributed by atoms with van der Waals surface area (Å²) in [5.74, 6) is -0.923. The molecule has 7 nitrogen and oxygen atoms in total. The minimum atomic E-state index is -0.423. The number of anilines is 1. The molecule has 148 valence electrons. The highest BCUT2D eigenvalue weighted by molar-refractivity contribution is 6.03. The van der Waals surface area contributed by atoms with E-state index in [4.69, 9.17) is 0 Å². The summed E-state index contributed by atoms with van der Waals surface area (Å²) in [5.41, 5.74) is 2.44. The molecule has 1 aliphatic rings. The quantitative estimate of drug-likeness (QED) is 0.698. The summed E-state index contributed by atoms with van der Waals surface area (Å²) in [6, 6.07) is 9.16. The molecular weight excluding hydrogens is 373 g/mol. The van der Waals surface area contributed by atoms with Crippen LogP contribution in [0.15, 0.2) is 48.8 Å². The largest absolute Gasteiger partial charge is 0.347 e. The van der Waals surface area contributed by atoms with Crippen LogP contribution >= 0.6 is 0 Å². The Morgan fingerprint density at radius 2 is 1.79 bits per heavy atom. The van der Waals surface area contributed by atoms with E-state index in [1.165, 1.54) is 24.3 Å². The maximum atomic E-state index is 13.1. The van der Waals surface area contributed by atoms with Crippen molar-refractivity contribution in [3.05, 3.63) is 77.4 Å². The first kappa shape index (κ1) is 18.8. The Morgan fingerprint density at radius 3 is 2.55 bits per heavy atom. The number of aromatic nitrogens is 3. The van der Waals surface area contributed by atoms with Gasteiger partial charge in [-0.2, -0.15) is 0 Å². The summed E-state index contributed by atoms with van der Waals surface area (Å²) in [4.78, 5) is 33.8. The Bertz CT molecular complexity index is 1030. The molecule has 8 heteroatoms. The van der Waals surface area contributed by atoms with Crippen molar-refractivity contribution in [3.63, 3.8) is 0 Å². The summed E-state index contributed by atoms with van der Waals surface area (Å²) in [6.45, 7) is 0.983.